The molecule has 9 heteroatoms. The number of piperidine rings is 1. The fourth-order valence-electron chi connectivity index (χ4n) is 8.61. The van der Waals surface area contributed by atoms with E-state index in [1.165, 1.54) is 42.5 Å². The van der Waals surface area contributed by atoms with Crippen LogP contribution in [-0.2, 0) is 24.4 Å². The monoisotopic (exact) mass is 770 g/mol. The van der Waals surface area contributed by atoms with Crippen LogP contribution in [0, 0.1) is 30.7 Å². The fourth-order valence-corrected chi connectivity index (χ4v) is 8.84. The molecule has 1 saturated carbocycles. The number of hydrogen-bond acceptors (Lipinski definition) is 7. The zero-order valence-corrected chi connectivity index (χ0v) is 33.3. The van der Waals surface area contributed by atoms with Crippen molar-refractivity contribution in [2.45, 2.75) is 96.9 Å². The average Bonchev–Trinajstić information content (AvgIpc) is 3.83. The van der Waals surface area contributed by atoms with Crippen LogP contribution >= 0.6 is 11.6 Å². The van der Waals surface area contributed by atoms with Crippen LogP contribution in [-0.4, -0.2) is 43.0 Å². The first-order valence-corrected chi connectivity index (χ1v) is 20.5. The van der Waals surface area contributed by atoms with Crippen molar-refractivity contribution >= 4 is 23.1 Å². The topological polar surface area (TPSA) is 88.2 Å². The number of hydrogen-bond donors (Lipinski definition) is 1. The van der Waals surface area contributed by atoms with Crippen LogP contribution in [0.1, 0.15) is 97.8 Å². The highest BCUT2D eigenvalue weighted by Gasteiger charge is 2.29. The van der Waals surface area contributed by atoms with Gasteiger partial charge in [-0.2, -0.15) is 5.26 Å². The second kappa shape index (κ2) is 18.4. The summed E-state index contributed by atoms with van der Waals surface area (Å²) in [6.07, 6.45) is 8.61. The molecule has 1 N–H and O–H groups in total. The van der Waals surface area contributed by atoms with Gasteiger partial charge in [0.1, 0.15) is 35.7 Å². The summed E-state index contributed by atoms with van der Waals surface area (Å²) in [7, 11) is 0. The van der Waals surface area contributed by atoms with Crippen molar-refractivity contribution in [3.63, 3.8) is 0 Å². The lowest BCUT2D eigenvalue weighted by atomic mass is 9.93. The lowest BCUT2D eigenvalue weighted by Crippen LogP contribution is -2.38. The predicted molar refractivity (Wildman–Crippen MR) is 221 cm³/mol. The minimum Gasteiger partial charge on any atom is -0.493 e. The molecule has 0 unspecified atom stereocenters. The SMILES string of the molecule is [C-]#[N+]c1cc(C#N)cc(COc2cc(O[C@H]3CCc4c(-c5cccc(OCCCN6CCCC[C@H]6C)c5C)cccc43)c(Cl)cc2CNC[C@H]2CCC(=O)C2)c1. The van der Waals surface area contributed by atoms with Gasteiger partial charge in [0.2, 0.25) is 0 Å². The average molecular weight is 771 g/mol. The van der Waals surface area contributed by atoms with Crippen LogP contribution in [0.15, 0.2) is 66.7 Å². The van der Waals surface area contributed by atoms with Crippen LogP contribution < -0.4 is 19.5 Å². The molecule has 3 aliphatic rings. The van der Waals surface area contributed by atoms with Gasteiger partial charge in [-0.25, -0.2) is 4.85 Å². The molecule has 0 spiro atoms. The number of likely N-dealkylation sites (tertiary alicyclic amines) is 1. The van der Waals surface area contributed by atoms with Crippen LogP contribution in [0.5, 0.6) is 17.2 Å². The molecule has 3 atom stereocenters. The maximum atomic E-state index is 11.8. The number of carbonyl (C=O) groups excluding carboxylic acids is 1. The molecule has 56 heavy (non-hydrogen) atoms. The van der Waals surface area contributed by atoms with Gasteiger partial charge in [-0.15, -0.1) is 0 Å². The Kier molecular flexibility index (Phi) is 12.9. The van der Waals surface area contributed by atoms with Gasteiger partial charge in [0.25, 0.3) is 0 Å². The fraction of sp³-hybridized carbons (Fsp3) is 0.426. The van der Waals surface area contributed by atoms with Gasteiger partial charge < -0.3 is 24.4 Å². The van der Waals surface area contributed by atoms with Gasteiger partial charge in [-0.1, -0.05) is 48.4 Å². The number of ketones is 1. The molecule has 1 aliphatic heterocycles. The highest BCUT2D eigenvalue weighted by atomic mass is 35.5. The lowest BCUT2D eigenvalue weighted by Gasteiger charge is -2.33. The second-order valence-electron chi connectivity index (χ2n) is 15.6. The summed E-state index contributed by atoms with van der Waals surface area (Å²) in [6, 6.07) is 24.4. The minimum absolute atomic E-state index is 0.165. The molecule has 8 nitrogen and oxygen atoms in total. The normalized spacial score (nSPS) is 19.3. The van der Waals surface area contributed by atoms with E-state index < -0.39 is 0 Å². The number of Topliss-reactive ketones (excluding diaryl/α,β-unsaturated/α-hetero) is 1. The Morgan fingerprint density at radius 3 is 2.64 bits per heavy atom. The molecule has 0 aromatic heterocycles. The summed E-state index contributed by atoms with van der Waals surface area (Å²) < 4.78 is 19.5. The standard InChI is InChI=1S/C47H51ClN4O4/c1-31-9-4-5-18-52(31)19-8-20-54-44-13-7-10-39(32(44)2)40-11-6-12-42-41(40)16-17-45(42)56-47-26-46(55-30-35-21-34(27-49)22-37(23-35)50-3)36(25-43(47)48)29-51-28-33-14-15-38(53)24-33/h6-7,10-13,21-23,25-26,31,33,45,51H,4-5,8-9,14-20,24,28-30H2,1-2H3/t31-,33+,45+/m1/s1. The molecule has 0 amide bonds. The molecule has 290 valence electrons. The van der Waals surface area contributed by atoms with Crippen LogP contribution in [0.4, 0.5) is 5.69 Å². The summed E-state index contributed by atoms with van der Waals surface area (Å²) in [5, 5.41) is 13.5. The van der Waals surface area contributed by atoms with Gasteiger partial charge in [0.15, 0.2) is 5.69 Å². The number of nitrogens with one attached hydrogen (secondary N) is 1. The first-order valence-electron chi connectivity index (χ1n) is 20.1. The zero-order chi connectivity index (χ0) is 39.0. The number of benzene rings is 4. The molecule has 2 fully saturated rings. The quantitative estimate of drug-likeness (QED) is 0.0951. The zero-order valence-electron chi connectivity index (χ0n) is 32.5. The number of nitrogens with zero attached hydrogens (tertiary/aromatic N) is 3. The molecule has 0 radical (unpaired) electrons. The van der Waals surface area contributed by atoms with E-state index in [2.05, 4.69) is 71.4 Å². The van der Waals surface area contributed by atoms with Crippen molar-refractivity contribution in [3.05, 3.63) is 117 Å². The minimum atomic E-state index is -0.190. The molecule has 2 aliphatic carbocycles. The first kappa shape index (κ1) is 39.4. The first-order chi connectivity index (χ1) is 27.3. The summed E-state index contributed by atoms with van der Waals surface area (Å²) in [6.45, 7) is 16.3. The van der Waals surface area contributed by atoms with Crippen molar-refractivity contribution in [3.8, 4) is 34.4 Å². The van der Waals surface area contributed by atoms with Crippen LogP contribution in [0.25, 0.3) is 16.0 Å². The van der Waals surface area contributed by atoms with E-state index in [4.69, 9.17) is 32.4 Å². The van der Waals surface area contributed by atoms with E-state index in [1.807, 2.05) is 12.1 Å². The van der Waals surface area contributed by atoms with Gasteiger partial charge in [0.05, 0.1) is 24.3 Å². The maximum absolute atomic E-state index is 11.8. The van der Waals surface area contributed by atoms with Crippen molar-refractivity contribution in [1.82, 2.24) is 10.2 Å². The number of fused-ring (bicyclic) bond motifs is 1. The van der Waals surface area contributed by atoms with Crippen LogP contribution in [0.3, 0.4) is 0 Å². The molecule has 1 heterocycles. The smallest absolute Gasteiger partial charge is 0.188 e. The van der Waals surface area contributed by atoms with Crippen molar-refractivity contribution in [1.29, 1.82) is 5.26 Å². The van der Waals surface area contributed by atoms with Gasteiger partial charge >= 0.3 is 0 Å². The summed E-state index contributed by atoms with van der Waals surface area (Å²) in [5.41, 5.74) is 8.36. The Hall–Kier alpha value is -4.86. The molecule has 1 saturated heterocycles. The lowest BCUT2D eigenvalue weighted by molar-refractivity contribution is -0.117. The Bertz CT molecular complexity index is 2110. The van der Waals surface area contributed by atoms with Gasteiger partial charge in [-0.05, 0) is 135 Å². The summed E-state index contributed by atoms with van der Waals surface area (Å²) in [4.78, 5) is 18.0. The van der Waals surface area contributed by atoms with Crippen molar-refractivity contribution < 1.29 is 19.0 Å². The van der Waals surface area contributed by atoms with E-state index in [0.29, 0.717) is 71.5 Å². The van der Waals surface area contributed by atoms with E-state index in [-0.39, 0.29) is 12.7 Å². The number of carbonyl (C=O) groups is 1. The van der Waals surface area contributed by atoms with E-state index in [1.54, 1.807) is 18.2 Å². The maximum Gasteiger partial charge on any atom is 0.188 e. The molecular formula is C47H51ClN4O4. The molecule has 0 bridgehead atoms. The second-order valence-corrected chi connectivity index (χ2v) is 16.0. The molecule has 7 rings (SSSR count). The highest BCUT2D eigenvalue weighted by molar-refractivity contribution is 6.32. The van der Waals surface area contributed by atoms with E-state index in [9.17, 15) is 10.1 Å². The number of rotatable bonds is 15. The molecular weight excluding hydrogens is 720 g/mol. The Morgan fingerprint density at radius 1 is 0.982 bits per heavy atom. The van der Waals surface area contributed by atoms with Crippen molar-refractivity contribution in [2.24, 2.45) is 5.92 Å². The third kappa shape index (κ3) is 9.39. The number of ether oxygens (including phenoxy) is 3. The van der Waals surface area contributed by atoms with Gasteiger partial charge in [0, 0.05) is 49.2 Å². The Labute approximate surface area is 336 Å². The molecule has 4 aromatic carbocycles. The third-order valence-corrected chi connectivity index (χ3v) is 12.0. The predicted octanol–water partition coefficient (Wildman–Crippen LogP) is 10.5. The number of nitriles is 1. The Balaban J connectivity index is 1.07. The Morgan fingerprint density at radius 2 is 1.84 bits per heavy atom. The van der Waals surface area contributed by atoms with E-state index >= 15 is 0 Å². The highest BCUT2D eigenvalue weighted by Crippen LogP contribution is 2.44. The van der Waals surface area contributed by atoms with Gasteiger partial charge in [-0.3, -0.25) is 4.79 Å². The van der Waals surface area contributed by atoms with Crippen LogP contribution in [0.2, 0.25) is 5.02 Å². The summed E-state index contributed by atoms with van der Waals surface area (Å²) >= 11 is 6.96. The van der Waals surface area contributed by atoms with Crippen molar-refractivity contribution in [2.75, 3.05) is 26.2 Å². The molecule has 4 aromatic rings. The summed E-state index contributed by atoms with van der Waals surface area (Å²) in [5.74, 6) is 2.73. The van der Waals surface area contributed by atoms with E-state index in [0.717, 1.165) is 66.8 Å². The third-order valence-electron chi connectivity index (χ3n) is 11.7. The number of halogens is 1. The largest absolute Gasteiger partial charge is 0.493 e.